The van der Waals surface area contributed by atoms with Gasteiger partial charge in [-0.1, -0.05) is 0 Å². The molecule has 0 aliphatic heterocycles. The van der Waals surface area contributed by atoms with Gasteiger partial charge in [0, 0.05) is 46.6 Å². The largest absolute Gasteiger partial charge is 0.480 e. The van der Waals surface area contributed by atoms with Crippen LogP contribution in [0.4, 0.5) is 0 Å². The fraction of sp³-hybridized carbons (Fsp3) is 0.833. The van der Waals surface area contributed by atoms with Crippen LogP contribution in [0.15, 0.2) is 0 Å². The van der Waals surface area contributed by atoms with Crippen LogP contribution in [0.1, 0.15) is 0 Å². The molecule has 0 fully saturated rings. The molecule has 0 aromatic carbocycles. The average molecular weight is 278 g/mol. The summed E-state index contributed by atoms with van der Waals surface area (Å²) in [6.07, 6.45) is 0. The Labute approximate surface area is 97.5 Å². The van der Waals surface area contributed by atoms with Crippen LogP contribution < -0.4 is 0 Å². The maximum Gasteiger partial charge on any atom is 0.317 e. The zero-order valence-electron chi connectivity index (χ0n) is 6.90. The minimum Gasteiger partial charge on any atom is -0.480 e. The van der Waals surface area contributed by atoms with E-state index >= 15 is 0 Å². The van der Waals surface area contributed by atoms with Crippen LogP contribution in [-0.4, -0.2) is 59.0 Å². The molecule has 0 amide bonds. The Bertz CT molecular complexity index is 121. The molecule has 0 saturated heterocycles. The summed E-state index contributed by atoms with van der Waals surface area (Å²) in [6, 6.07) is 0. The van der Waals surface area contributed by atoms with E-state index in [1.165, 1.54) is 4.90 Å². The van der Waals surface area contributed by atoms with Crippen molar-refractivity contribution in [1.29, 1.82) is 0 Å². The fourth-order valence-electron chi connectivity index (χ4n) is 0.744. The van der Waals surface area contributed by atoms with Crippen molar-refractivity contribution in [3.05, 3.63) is 0 Å². The standard InChI is InChI=1S/C6H13NO4.Fe.Ni/c8-3-1-7(2-4-9)5-6(10)11;;/h8-9H,1-5H2,(H,10,11);;. The maximum atomic E-state index is 10.2. The van der Waals surface area contributed by atoms with E-state index in [-0.39, 0.29) is 66.4 Å². The molecule has 5 nitrogen and oxygen atoms in total. The summed E-state index contributed by atoms with van der Waals surface area (Å²) in [5.41, 5.74) is 0. The number of carbonyl (C=O) groups is 1. The second kappa shape index (κ2) is 12.4. The Morgan fingerprint density at radius 1 is 1.15 bits per heavy atom. The van der Waals surface area contributed by atoms with E-state index in [0.29, 0.717) is 0 Å². The number of aliphatic carboxylic acids is 1. The molecule has 0 rings (SSSR count). The first kappa shape index (κ1) is 19.0. The molecule has 0 saturated carbocycles. The van der Waals surface area contributed by atoms with Crippen molar-refractivity contribution in [2.24, 2.45) is 0 Å². The smallest absolute Gasteiger partial charge is 0.317 e. The fourth-order valence-corrected chi connectivity index (χ4v) is 0.744. The normalized spacial score (nSPS) is 8.85. The molecule has 13 heavy (non-hydrogen) atoms. The van der Waals surface area contributed by atoms with Crippen molar-refractivity contribution >= 4 is 5.97 Å². The van der Waals surface area contributed by atoms with Crippen LogP contribution in [0.3, 0.4) is 0 Å². The van der Waals surface area contributed by atoms with Crippen molar-refractivity contribution in [2.45, 2.75) is 0 Å². The first-order valence-electron chi connectivity index (χ1n) is 3.36. The number of hydrogen-bond acceptors (Lipinski definition) is 4. The summed E-state index contributed by atoms with van der Waals surface area (Å²) in [5, 5.41) is 25.3. The van der Waals surface area contributed by atoms with Gasteiger partial charge in [-0.3, -0.25) is 9.69 Å². The monoisotopic (exact) mass is 277 g/mol. The van der Waals surface area contributed by atoms with Crippen molar-refractivity contribution in [2.75, 3.05) is 32.8 Å². The van der Waals surface area contributed by atoms with Gasteiger partial charge in [0.05, 0.1) is 19.8 Å². The Hall–Kier alpha value is 0.363. The van der Waals surface area contributed by atoms with Gasteiger partial charge in [-0.25, -0.2) is 0 Å². The first-order chi connectivity index (χ1) is 5.20. The molecule has 0 heterocycles. The molecule has 0 aromatic heterocycles. The summed E-state index contributed by atoms with van der Waals surface area (Å²) in [6.45, 7) is 0.251. The summed E-state index contributed by atoms with van der Waals surface area (Å²) in [4.78, 5) is 11.6. The molecule has 0 atom stereocenters. The zero-order chi connectivity index (χ0) is 8.69. The number of nitrogens with zero attached hydrogens (tertiary/aromatic N) is 1. The Morgan fingerprint density at radius 2 is 1.54 bits per heavy atom. The average Bonchev–Trinajstić information content (AvgIpc) is 1.87. The number of rotatable bonds is 6. The summed E-state index contributed by atoms with van der Waals surface area (Å²) in [7, 11) is 0. The van der Waals surface area contributed by atoms with Crippen LogP contribution >= 0.6 is 0 Å². The Kier molecular flexibility index (Phi) is 18.1. The second-order valence-corrected chi connectivity index (χ2v) is 2.12. The number of hydrogen-bond donors (Lipinski definition) is 3. The number of aliphatic hydroxyl groups excluding tert-OH is 2. The quantitative estimate of drug-likeness (QED) is 0.507. The minimum atomic E-state index is -0.952. The van der Waals surface area contributed by atoms with Crippen LogP contribution in [0.25, 0.3) is 0 Å². The Balaban J connectivity index is -0.000000500. The Morgan fingerprint density at radius 3 is 1.77 bits per heavy atom. The van der Waals surface area contributed by atoms with E-state index in [0.717, 1.165) is 0 Å². The molecule has 0 radical (unpaired) electrons. The number of carboxylic acids is 1. The predicted molar refractivity (Wildman–Crippen MR) is 38.2 cm³/mol. The van der Waals surface area contributed by atoms with E-state index in [1.54, 1.807) is 0 Å². The van der Waals surface area contributed by atoms with Crippen molar-refractivity contribution < 1.29 is 53.7 Å². The van der Waals surface area contributed by atoms with Crippen LogP contribution in [0.5, 0.6) is 0 Å². The van der Waals surface area contributed by atoms with Gasteiger partial charge in [0.15, 0.2) is 0 Å². The molecule has 7 heteroatoms. The van der Waals surface area contributed by atoms with Crippen LogP contribution in [-0.2, 0) is 38.4 Å². The van der Waals surface area contributed by atoms with E-state index in [2.05, 4.69) is 0 Å². The van der Waals surface area contributed by atoms with E-state index in [4.69, 9.17) is 15.3 Å². The molecule has 0 aliphatic carbocycles. The molecule has 3 N–H and O–H groups in total. The van der Waals surface area contributed by atoms with Crippen molar-refractivity contribution in [3.8, 4) is 0 Å². The minimum absolute atomic E-state index is 0. The third-order valence-corrected chi connectivity index (χ3v) is 1.19. The number of carboxylic acid groups (broad SMARTS) is 1. The molecular formula is C6H13FeNNiO4. The third kappa shape index (κ3) is 12.4. The predicted octanol–water partition coefficient (Wildman–Crippen LogP) is -1.65. The van der Waals surface area contributed by atoms with Gasteiger partial charge in [-0.15, -0.1) is 0 Å². The SMILES string of the molecule is O=C(O)CN(CCO)CCO.[Fe].[Ni]. The van der Waals surface area contributed by atoms with Gasteiger partial charge in [0.25, 0.3) is 0 Å². The van der Waals surface area contributed by atoms with Gasteiger partial charge >= 0.3 is 5.97 Å². The summed E-state index contributed by atoms with van der Waals surface area (Å²) < 4.78 is 0. The summed E-state index contributed by atoms with van der Waals surface area (Å²) in [5.74, 6) is -0.952. The molecule has 84 valence electrons. The topological polar surface area (TPSA) is 81.0 Å². The van der Waals surface area contributed by atoms with E-state index < -0.39 is 5.97 Å². The molecular weight excluding hydrogens is 265 g/mol. The van der Waals surface area contributed by atoms with Crippen LogP contribution in [0.2, 0.25) is 0 Å². The van der Waals surface area contributed by atoms with Crippen molar-refractivity contribution in [3.63, 3.8) is 0 Å². The maximum absolute atomic E-state index is 10.2. The van der Waals surface area contributed by atoms with Gasteiger partial charge in [-0.2, -0.15) is 0 Å². The van der Waals surface area contributed by atoms with Crippen LogP contribution in [0, 0.1) is 0 Å². The molecule has 0 unspecified atom stereocenters. The van der Waals surface area contributed by atoms with E-state index in [1.807, 2.05) is 0 Å². The molecule has 0 bridgehead atoms. The first-order valence-corrected chi connectivity index (χ1v) is 3.36. The third-order valence-electron chi connectivity index (χ3n) is 1.19. The number of aliphatic hydroxyl groups is 2. The van der Waals surface area contributed by atoms with Crippen molar-refractivity contribution in [1.82, 2.24) is 4.90 Å². The molecule has 0 aliphatic rings. The van der Waals surface area contributed by atoms with Gasteiger partial charge < -0.3 is 15.3 Å². The van der Waals surface area contributed by atoms with E-state index in [9.17, 15) is 4.79 Å². The van der Waals surface area contributed by atoms with Gasteiger partial charge in [0.2, 0.25) is 0 Å². The van der Waals surface area contributed by atoms with Gasteiger partial charge in [0.1, 0.15) is 0 Å². The second-order valence-electron chi connectivity index (χ2n) is 2.12. The molecule has 0 aromatic rings. The molecule has 0 spiro atoms. The zero-order valence-corrected chi connectivity index (χ0v) is 8.99. The summed E-state index contributed by atoms with van der Waals surface area (Å²) >= 11 is 0. The van der Waals surface area contributed by atoms with Gasteiger partial charge in [-0.05, 0) is 0 Å².